The minimum absolute atomic E-state index is 0.156. The number of carbonyl (C=O) groups excluding carboxylic acids is 1. The zero-order chi connectivity index (χ0) is 11.5. The van der Waals surface area contributed by atoms with Crippen molar-refractivity contribution in [1.29, 1.82) is 0 Å². The highest BCUT2D eigenvalue weighted by Crippen LogP contribution is 2.19. The Kier molecular flexibility index (Phi) is 3.61. The van der Waals surface area contributed by atoms with E-state index in [2.05, 4.69) is 23.7 Å². The average Bonchev–Trinajstić information content (AvgIpc) is 2.88. The second-order valence-electron chi connectivity index (χ2n) is 4.46. The molecule has 0 aliphatic carbocycles. The Morgan fingerprint density at radius 2 is 2.50 bits per heavy atom. The highest BCUT2D eigenvalue weighted by atomic mass is 32.1. The first kappa shape index (κ1) is 11.6. The Balaban J connectivity index is 1.94. The number of hydrogen-bond donors (Lipinski definition) is 1. The van der Waals surface area contributed by atoms with Gasteiger partial charge in [0.25, 0.3) is 0 Å². The van der Waals surface area contributed by atoms with Crippen molar-refractivity contribution in [2.75, 3.05) is 13.6 Å². The van der Waals surface area contributed by atoms with Crippen molar-refractivity contribution in [2.24, 2.45) is 5.92 Å². The Bertz CT molecular complexity index is 350. The van der Waals surface area contributed by atoms with Gasteiger partial charge in [-0.25, -0.2) is 0 Å². The van der Waals surface area contributed by atoms with Gasteiger partial charge >= 0.3 is 0 Å². The van der Waals surface area contributed by atoms with Crippen LogP contribution >= 0.6 is 11.3 Å². The first-order valence-electron chi connectivity index (χ1n) is 5.68. The normalized spacial score (nSPS) is 24.6. The summed E-state index contributed by atoms with van der Waals surface area (Å²) in [4.78, 5) is 14.0. The molecule has 1 N–H and O–H groups in total. The van der Waals surface area contributed by atoms with Crippen LogP contribution in [0.1, 0.15) is 18.9 Å². The lowest BCUT2D eigenvalue weighted by atomic mass is 10.0. The second kappa shape index (κ2) is 4.97. The van der Waals surface area contributed by atoms with Gasteiger partial charge in [0.05, 0.1) is 5.92 Å². The van der Waals surface area contributed by atoms with E-state index in [4.69, 9.17) is 0 Å². The van der Waals surface area contributed by atoms with Gasteiger partial charge in [-0.1, -0.05) is 0 Å². The predicted molar refractivity (Wildman–Crippen MR) is 66.4 cm³/mol. The number of carbonyl (C=O) groups is 1. The number of nitrogens with zero attached hydrogens (tertiary/aromatic N) is 1. The lowest BCUT2D eigenvalue weighted by Gasteiger charge is -2.22. The Labute approximate surface area is 100 Å². The number of rotatable bonds is 3. The van der Waals surface area contributed by atoms with Gasteiger partial charge < -0.3 is 10.2 Å². The van der Waals surface area contributed by atoms with Crippen LogP contribution in [0, 0.1) is 5.92 Å². The molecule has 2 heterocycles. The van der Waals surface area contributed by atoms with Crippen molar-refractivity contribution >= 4 is 17.2 Å². The van der Waals surface area contributed by atoms with Crippen LogP contribution in [0.25, 0.3) is 0 Å². The first-order chi connectivity index (χ1) is 7.68. The van der Waals surface area contributed by atoms with Crippen molar-refractivity contribution in [3.05, 3.63) is 22.4 Å². The molecule has 3 nitrogen and oxygen atoms in total. The van der Waals surface area contributed by atoms with Crippen LogP contribution < -0.4 is 5.32 Å². The zero-order valence-electron chi connectivity index (χ0n) is 9.77. The second-order valence-corrected chi connectivity index (χ2v) is 5.24. The maximum absolute atomic E-state index is 12.2. The van der Waals surface area contributed by atoms with Gasteiger partial charge in [0.15, 0.2) is 0 Å². The summed E-state index contributed by atoms with van der Waals surface area (Å²) in [6.07, 6.45) is 0.966. The average molecular weight is 238 g/mol. The van der Waals surface area contributed by atoms with E-state index in [9.17, 15) is 4.79 Å². The van der Waals surface area contributed by atoms with E-state index in [-0.39, 0.29) is 11.8 Å². The molecule has 1 amide bonds. The highest BCUT2D eigenvalue weighted by Gasteiger charge is 2.31. The molecule has 2 rings (SSSR count). The fourth-order valence-electron chi connectivity index (χ4n) is 2.21. The van der Waals surface area contributed by atoms with Gasteiger partial charge in [0.1, 0.15) is 0 Å². The quantitative estimate of drug-likeness (QED) is 0.869. The Morgan fingerprint density at radius 3 is 3.06 bits per heavy atom. The molecule has 0 radical (unpaired) electrons. The molecular weight excluding hydrogens is 220 g/mol. The number of nitrogens with one attached hydrogen (secondary N) is 1. The molecule has 1 aromatic heterocycles. The minimum Gasteiger partial charge on any atom is -0.341 e. The minimum atomic E-state index is 0.156. The summed E-state index contributed by atoms with van der Waals surface area (Å²) in [7, 11) is 1.89. The third kappa shape index (κ3) is 2.44. The molecule has 2 atom stereocenters. The van der Waals surface area contributed by atoms with E-state index >= 15 is 0 Å². The van der Waals surface area contributed by atoms with Gasteiger partial charge in [-0.05, 0) is 42.3 Å². The molecule has 0 saturated carbocycles. The van der Waals surface area contributed by atoms with Crippen LogP contribution in [0.5, 0.6) is 0 Å². The molecule has 0 aromatic carbocycles. The van der Waals surface area contributed by atoms with Gasteiger partial charge in [-0.3, -0.25) is 4.79 Å². The Morgan fingerprint density at radius 1 is 1.69 bits per heavy atom. The highest BCUT2D eigenvalue weighted by molar-refractivity contribution is 7.07. The molecule has 1 aromatic rings. The molecule has 0 spiro atoms. The largest absolute Gasteiger partial charge is 0.341 e. The summed E-state index contributed by atoms with van der Waals surface area (Å²) < 4.78 is 0. The topological polar surface area (TPSA) is 32.3 Å². The summed E-state index contributed by atoms with van der Waals surface area (Å²) in [5.41, 5.74) is 1.22. The van der Waals surface area contributed by atoms with Crippen LogP contribution in [-0.4, -0.2) is 30.4 Å². The Hall–Kier alpha value is -0.870. The molecular formula is C12H18N2OS. The van der Waals surface area contributed by atoms with Crippen molar-refractivity contribution in [3.63, 3.8) is 0 Å². The van der Waals surface area contributed by atoms with Crippen molar-refractivity contribution in [1.82, 2.24) is 10.2 Å². The third-order valence-corrected chi connectivity index (χ3v) is 3.95. The van der Waals surface area contributed by atoms with Gasteiger partial charge in [-0.15, -0.1) is 0 Å². The van der Waals surface area contributed by atoms with Gasteiger partial charge in [0, 0.05) is 19.6 Å². The SMILES string of the molecule is CC1NCCC1C(=O)N(C)Cc1ccsc1. The van der Waals surface area contributed by atoms with Crippen LogP contribution in [-0.2, 0) is 11.3 Å². The van der Waals surface area contributed by atoms with E-state index in [1.807, 2.05) is 17.3 Å². The van der Waals surface area contributed by atoms with E-state index in [1.54, 1.807) is 11.3 Å². The fourth-order valence-corrected chi connectivity index (χ4v) is 2.87. The first-order valence-corrected chi connectivity index (χ1v) is 6.62. The van der Waals surface area contributed by atoms with Crippen LogP contribution in [0.15, 0.2) is 16.8 Å². The molecule has 88 valence electrons. The smallest absolute Gasteiger partial charge is 0.227 e. The number of thiophene rings is 1. The molecule has 16 heavy (non-hydrogen) atoms. The molecule has 1 aliphatic heterocycles. The van der Waals surface area contributed by atoms with E-state index in [0.29, 0.717) is 6.04 Å². The zero-order valence-corrected chi connectivity index (χ0v) is 10.6. The molecule has 1 aliphatic rings. The molecule has 0 bridgehead atoms. The van der Waals surface area contributed by atoms with Crippen LogP contribution in [0.3, 0.4) is 0 Å². The van der Waals surface area contributed by atoms with E-state index < -0.39 is 0 Å². The molecule has 2 unspecified atom stereocenters. The standard InChI is InChI=1S/C12H18N2OS/c1-9-11(3-5-13-9)12(15)14(2)7-10-4-6-16-8-10/h4,6,8-9,11,13H,3,5,7H2,1-2H3. The summed E-state index contributed by atoms with van der Waals surface area (Å²) in [6.45, 7) is 3.78. The van der Waals surface area contributed by atoms with Crippen LogP contribution in [0.2, 0.25) is 0 Å². The number of hydrogen-bond acceptors (Lipinski definition) is 3. The molecule has 1 fully saturated rings. The van der Waals surface area contributed by atoms with E-state index in [1.165, 1.54) is 5.56 Å². The monoisotopic (exact) mass is 238 g/mol. The van der Waals surface area contributed by atoms with Crippen molar-refractivity contribution in [2.45, 2.75) is 25.9 Å². The lowest BCUT2D eigenvalue weighted by molar-refractivity contribution is -0.134. The van der Waals surface area contributed by atoms with Gasteiger partial charge in [0.2, 0.25) is 5.91 Å². The maximum Gasteiger partial charge on any atom is 0.227 e. The summed E-state index contributed by atoms with van der Waals surface area (Å²) in [5, 5.41) is 7.47. The summed E-state index contributed by atoms with van der Waals surface area (Å²) >= 11 is 1.68. The van der Waals surface area contributed by atoms with Gasteiger partial charge in [-0.2, -0.15) is 11.3 Å². The molecule has 1 saturated heterocycles. The summed E-state index contributed by atoms with van der Waals surface area (Å²) in [6, 6.07) is 2.39. The predicted octanol–water partition coefficient (Wildman–Crippen LogP) is 1.70. The van der Waals surface area contributed by atoms with Crippen LogP contribution in [0.4, 0.5) is 0 Å². The van der Waals surface area contributed by atoms with Crippen molar-refractivity contribution < 1.29 is 4.79 Å². The fraction of sp³-hybridized carbons (Fsp3) is 0.583. The molecule has 4 heteroatoms. The van der Waals surface area contributed by atoms with Crippen molar-refractivity contribution in [3.8, 4) is 0 Å². The lowest BCUT2D eigenvalue weighted by Crippen LogP contribution is -2.37. The maximum atomic E-state index is 12.2. The van der Waals surface area contributed by atoms with E-state index in [0.717, 1.165) is 19.5 Å². The summed E-state index contributed by atoms with van der Waals surface area (Å²) in [5.74, 6) is 0.423. The number of amides is 1. The third-order valence-electron chi connectivity index (χ3n) is 3.22.